The molecular weight excluding hydrogens is 320 g/mol. The predicted molar refractivity (Wildman–Crippen MR) is 105 cm³/mol. The molecule has 0 amide bonds. The lowest BCUT2D eigenvalue weighted by atomic mass is 10.0. The first-order valence-electron chi connectivity index (χ1n) is 10.2. The zero-order valence-electron chi connectivity index (χ0n) is 18.8. The fourth-order valence-corrected chi connectivity index (χ4v) is 3.87. The first-order chi connectivity index (χ1) is 13.6. The third-order valence-corrected chi connectivity index (χ3v) is 5.30. The van der Waals surface area contributed by atoms with Gasteiger partial charge in [-0.05, 0) is 45.3 Å². The van der Waals surface area contributed by atoms with Crippen molar-refractivity contribution in [1.29, 1.82) is 0 Å². The maximum absolute atomic E-state index is 7.77. The number of hydrogen-bond acceptors (Lipinski definition) is 1. The number of nitrogens with zero attached hydrogens (tertiary/aromatic N) is 4. The third kappa shape index (κ3) is 2.22. The monoisotopic (exact) mass is 348 g/mol. The Bertz CT molecular complexity index is 1250. The second-order valence-electron chi connectivity index (χ2n) is 6.84. The molecule has 4 heteroatoms. The smallest absolute Gasteiger partial charge is 0.231 e. The van der Waals surface area contributed by atoms with Crippen LogP contribution in [0.5, 0.6) is 0 Å². The van der Waals surface area contributed by atoms with Crippen molar-refractivity contribution in [2.24, 2.45) is 14.1 Å². The topological polar surface area (TPSA) is 26.1 Å². The number of pyridine rings is 1. The first-order valence-corrected chi connectivity index (χ1v) is 8.73. The van der Waals surface area contributed by atoms with Crippen molar-refractivity contribution in [2.75, 3.05) is 0 Å². The molecular formula is C22H25N4+. The van der Waals surface area contributed by atoms with Crippen molar-refractivity contribution in [3.8, 4) is 22.6 Å². The van der Waals surface area contributed by atoms with Crippen LogP contribution in [0.3, 0.4) is 0 Å². The normalized spacial score (nSPS) is 13.7. The predicted octanol–water partition coefficient (Wildman–Crippen LogP) is 4.06. The van der Waals surface area contributed by atoms with E-state index in [1.807, 2.05) is 35.9 Å². The van der Waals surface area contributed by atoms with Crippen molar-refractivity contribution >= 4 is 5.78 Å². The molecule has 0 aliphatic heterocycles. The summed E-state index contributed by atoms with van der Waals surface area (Å²) in [7, 11) is 4.00. The van der Waals surface area contributed by atoms with Gasteiger partial charge in [0.05, 0.1) is 11.4 Å². The van der Waals surface area contributed by atoms with E-state index in [1.165, 1.54) is 11.1 Å². The molecule has 132 valence electrons. The van der Waals surface area contributed by atoms with E-state index in [4.69, 9.17) is 4.11 Å². The van der Waals surface area contributed by atoms with Gasteiger partial charge in [-0.2, -0.15) is 4.57 Å². The van der Waals surface area contributed by atoms with Gasteiger partial charge in [0, 0.05) is 34.6 Å². The average molecular weight is 348 g/mol. The molecule has 4 rings (SSSR count). The Morgan fingerprint density at radius 2 is 1.69 bits per heavy atom. The van der Waals surface area contributed by atoms with Gasteiger partial charge in [0.1, 0.15) is 12.7 Å². The van der Waals surface area contributed by atoms with Crippen LogP contribution in [0, 0.1) is 27.6 Å². The summed E-state index contributed by atoms with van der Waals surface area (Å²) in [5, 5.41) is 0. The number of imidazole rings is 2. The number of rotatable bonds is 2. The fraction of sp³-hybridized carbons (Fsp3) is 0.273. The van der Waals surface area contributed by atoms with Crippen LogP contribution < -0.4 is 4.57 Å². The van der Waals surface area contributed by atoms with E-state index < -0.39 is 6.85 Å². The summed E-state index contributed by atoms with van der Waals surface area (Å²) in [6.07, 6.45) is 0. The first kappa shape index (κ1) is 13.3. The Morgan fingerprint density at radius 3 is 2.38 bits per heavy atom. The molecule has 0 spiro atoms. The fourth-order valence-electron chi connectivity index (χ4n) is 3.87. The van der Waals surface area contributed by atoms with E-state index in [2.05, 4.69) is 59.9 Å². The van der Waals surface area contributed by atoms with E-state index in [1.54, 1.807) is 0 Å². The van der Waals surface area contributed by atoms with E-state index in [9.17, 15) is 0 Å². The highest BCUT2D eigenvalue weighted by molar-refractivity contribution is 5.65. The highest BCUT2D eigenvalue weighted by atomic mass is 15.2. The zero-order chi connectivity index (χ0) is 21.1. The Morgan fingerprint density at radius 1 is 0.962 bits per heavy atom. The van der Waals surface area contributed by atoms with Crippen molar-refractivity contribution < 1.29 is 8.68 Å². The molecule has 0 saturated heterocycles. The van der Waals surface area contributed by atoms with Crippen molar-refractivity contribution in [2.45, 2.75) is 27.6 Å². The summed E-state index contributed by atoms with van der Waals surface area (Å²) >= 11 is 0. The van der Waals surface area contributed by atoms with Crippen LogP contribution in [-0.4, -0.2) is 14.0 Å². The SMILES string of the molecule is [2H]C([2H])([2H])c1nc2n(C)c(-c3cccc(-c4ccccc4C)[n+]3C)c(C)n2c1C. The second kappa shape index (κ2) is 5.84. The molecule has 26 heavy (non-hydrogen) atoms. The van der Waals surface area contributed by atoms with Crippen LogP contribution in [0.25, 0.3) is 28.4 Å². The summed E-state index contributed by atoms with van der Waals surface area (Å²) in [4.78, 5) is 4.47. The molecule has 3 aromatic heterocycles. The summed E-state index contributed by atoms with van der Waals surface area (Å²) in [6.45, 7) is 3.73. The maximum Gasteiger partial charge on any atom is 0.231 e. The molecule has 0 saturated carbocycles. The van der Waals surface area contributed by atoms with Crippen molar-refractivity contribution in [3.63, 3.8) is 0 Å². The minimum Gasteiger partial charge on any atom is -0.308 e. The number of aryl methyl sites for hydroxylation is 5. The van der Waals surface area contributed by atoms with Crippen LogP contribution >= 0.6 is 0 Å². The number of aromatic nitrogens is 4. The summed E-state index contributed by atoms with van der Waals surface area (Å²) in [5.74, 6) is 0.641. The Kier molecular flexibility index (Phi) is 2.99. The lowest BCUT2D eigenvalue weighted by Crippen LogP contribution is -2.34. The number of hydrogen-bond donors (Lipinski definition) is 0. The van der Waals surface area contributed by atoms with Gasteiger partial charge >= 0.3 is 0 Å². The summed E-state index contributed by atoms with van der Waals surface area (Å²) in [5.41, 5.74) is 7.40. The average Bonchev–Trinajstić information content (AvgIpc) is 3.12. The van der Waals surface area contributed by atoms with E-state index in [0.29, 0.717) is 11.5 Å². The molecule has 0 bridgehead atoms. The minimum absolute atomic E-state index is 0.163. The van der Waals surface area contributed by atoms with Crippen molar-refractivity contribution in [3.05, 3.63) is 65.1 Å². The summed E-state index contributed by atoms with van der Waals surface area (Å²) < 4.78 is 29.4. The van der Waals surface area contributed by atoms with E-state index in [0.717, 1.165) is 22.8 Å². The molecule has 0 radical (unpaired) electrons. The highest BCUT2D eigenvalue weighted by Crippen LogP contribution is 2.28. The second-order valence-corrected chi connectivity index (χ2v) is 6.84. The number of fused-ring (bicyclic) bond motifs is 1. The molecule has 0 aliphatic carbocycles. The maximum atomic E-state index is 7.77. The molecule has 4 nitrogen and oxygen atoms in total. The van der Waals surface area contributed by atoms with Gasteiger partial charge in [0.2, 0.25) is 17.2 Å². The van der Waals surface area contributed by atoms with E-state index in [-0.39, 0.29) is 5.69 Å². The largest absolute Gasteiger partial charge is 0.308 e. The van der Waals surface area contributed by atoms with Crippen LogP contribution in [0.15, 0.2) is 42.5 Å². The van der Waals surface area contributed by atoms with E-state index >= 15 is 0 Å². The Balaban J connectivity index is 1.97. The van der Waals surface area contributed by atoms with Gasteiger partial charge in [-0.15, -0.1) is 0 Å². The third-order valence-electron chi connectivity index (χ3n) is 5.30. The van der Waals surface area contributed by atoms with Crippen LogP contribution in [0.2, 0.25) is 0 Å². The molecule has 0 unspecified atom stereocenters. The van der Waals surface area contributed by atoms with Crippen LogP contribution in [0.4, 0.5) is 0 Å². The standard InChI is InChI=1S/C22H25N4/c1-14-10-7-8-11-18(14)19-12-9-13-20(24(19)5)21-17(4)26-16(3)15(2)23-22(26)25(21)6/h7-13H,1-6H3/q+1/i2D3. The van der Waals surface area contributed by atoms with Gasteiger partial charge in [0.25, 0.3) is 0 Å². The van der Waals surface area contributed by atoms with Crippen LogP contribution in [0.1, 0.15) is 26.8 Å². The highest BCUT2D eigenvalue weighted by Gasteiger charge is 2.25. The van der Waals surface area contributed by atoms with Crippen molar-refractivity contribution in [1.82, 2.24) is 14.0 Å². The number of benzene rings is 1. The zero-order valence-corrected chi connectivity index (χ0v) is 15.8. The van der Waals surface area contributed by atoms with Gasteiger partial charge in [-0.25, -0.2) is 4.98 Å². The molecule has 0 aliphatic rings. The van der Waals surface area contributed by atoms with Crippen LogP contribution in [-0.2, 0) is 14.1 Å². The Labute approximate surface area is 158 Å². The Hall–Kier alpha value is -2.88. The lowest BCUT2D eigenvalue weighted by Gasteiger charge is -2.09. The van der Waals surface area contributed by atoms with Gasteiger partial charge in [-0.3, -0.25) is 4.40 Å². The quantitative estimate of drug-likeness (QED) is 0.502. The molecule has 0 N–H and O–H groups in total. The van der Waals surface area contributed by atoms with Gasteiger partial charge in [0.15, 0.2) is 0 Å². The molecule has 0 fully saturated rings. The van der Waals surface area contributed by atoms with Gasteiger partial charge in [-0.1, -0.05) is 18.2 Å². The lowest BCUT2D eigenvalue weighted by molar-refractivity contribution is -0.649. The molecule has 4 aromatic rings. The molecule has 3 heterocycles. The molecule has 0 atom stereocenters. The summed E-state index contributed by atoms with van der Waals surface area (Å²) in [6, 6.07) is 14.6. The minimum atomic E-state index is -2.22. The van der Waals surface area contributed by atoms with Gasteiger partial charge < -0.3 is 4.57 Å². The molecule has 1 aromatic carbocycles.